The van der Waals surface area contributed by atoms with Crippen LogP contribution in [0.5, 0.6) is 0 Å². The molecular weight excluding hydrogens is 589 g/mol. The maximum Gasteiger partial charge on any atom is 0.238 e. The zero-order valence-corrected chi connectivity index (χ0v) is 25.6. The van der Waals surface area contributed by atoms with E-state index in [4.69, 9.17) is 19.4 Å². The van der Waals surface area contributed by atoms with Gasteiger partial charge in [0.05, 0.1) is 11.0 Å². The molecule has 5 heteroatoms. The van der Waals surface area contributed by atoms with E-state index < -0.39 is 0 Å². The predicted octanol–water partition coefficient (Wildman–Crippen LogP) is 11.1. The molecule has 48 heavy (non-hydrogen) atoms. The predicted molar refractivity (Wildman–Crippen MR) is 196 cm³/mol. The van der Waals surface area contributed by atoms with Gasteiger partial charge in [0.15, 0.2) is 11.6 Å². The summed E-state index contributed by atoms with van der Waals surface area (Å²) in [4.78, 5) is 15.5. The van der Waals surface area contributed by atoms with Crippen LogP contribution in [0.1, 0.15) is 0 Å². The molecule has 11 rings (SSSR count). The Labute approximate surface area is 273 Å². The molecule has 0 amide bonds. The fraction of sp³-hybridized carbons (Fsp3) is 0. The van der Waals surface area contributed by atoms with Gasteiger partial charge in [0, 0.05) is 38.1 Å². The summed E-state index contributed by atoms with van der Waals surface area (Å²) < 4.78 is 8.76. The van der Waals surface area contributed by atoms with Gasteiger partial charge in [0.25, 0.3) is 0 Å². The third-order valence-electron chi connectivity index (χ3n) is 9.77. The summed E-state index contributed by atoms with van der Waals surface area (Å²) in [5.41, 5.74) is 5.78. The van der Waals surface area contributed by atoms with Gasteiger partial charge in [0.2, 0.25) is 5.95 Å². The van der Waals surface area contributed by atoms with E-state index in [2.05, 4.69) is 114 Å². The summed E-state index contributed by atoms with van der Waals surface area (Å²) in [5, 5.41) is 11.6. The summed E-state index contributed by atoms with van der Waals surface area (Å²) >= 11 is 0. The lowest BCUT2D eigenvalue weighted by Gasteiger charge is -2.12. The van der Waals surface area contributed by atoms with E-state index >= 15 is 0 Å². The molecule has 3 heterocycles. The molecule has 0 aliphatic carbocycles. The van der Waals surface area contributed by atoms with Gasteiger partial charge in [-0.1, -0.05) is 121 Å². The number of hydrogen-bond acceptors (Lipinski definition) is 4. The van der Waals surface area contributed by atoms with Gasteiger partial charge in [-0.3, -0.25) is 4.57 Å². The molecule has 0 fully saturated rings. The van der Waals surface area contributed by atoms with Crippen LogP contribution in [-0.2, 0) is 0 Å². The quantitative estimate of drug-likeness (QED) is 0.199. The van der Waals surface area contributed by atoms with Crippen molar-refractivity contribution in [2.45, 2.75) is 0 Å². The van der Waals surface area contributed by atoms with E-state index in [-0.39, 0.29) is 0 Å². The number of nitrogens with zero attached hydrogens (tertiary/aromatic N) is 4. The van der Waals surface area contributed by atoms with Crippen LogP contribution in [0.4, 0.5) is 0 Å². The summed E-state index contributed by atoms with van der Waals surface area (Å²) in [5.74, 6) is 1.85. The Hall–Kier alpha value is -6.59. The molecule has 11 aromatic rings. The average molecular weight is 613 g/mol. The second-order valence-electron chi connectivity index (χ2n) is 12.4. The highest BCUT2D eigenvalue weighted by molar-refractivity contribution is 6.39. The van der Waals surface area contributed by atoms with Gasteiger partial charge >= 0.3 is 0 Å². The summed E-state index contributed by atoms with van der Waals surface area (Å²) in [6, 6.07) is 50.7. The van der Waals surface area contributed by atoms with Crippen molar-refractivity contribution in [3.8, 4) is 28.7 Å². The van der Waals surface area contributed by atoms with E-state index in [0.29, 0.717) is 17.6 Å². The van der Waals surface area contributed by atoms with E-state index in [1.54, 1.807) is 0 Å². The molecule has 0 N–H and O–H groups in total. The molecule has 3 aromatic heterocycles. The Morgan fingerprint density at radius 1 is 0.417 bits per heavy atom. The highest BCUT2D eigenvalue weighted by atomic mass is 16.3. The average Bonchev–Trinajstić information content (AvgIpc) is 3.71. The van der Waals surface area contributed by atoms with Crippen molar-refractivity contribution in [2.75, 3.05) is 0 Å². The molecule has 8 aromatic carbocycles. The molecule has 0 radical (unpaired) electrons. The second kappa shape index (κ2) is 9.47. The highest BCUT2D eigenvalue weighted by Crippen LogP contribution is 2.47. The lowest BCUT2D eigenvalue weighted by atomic mass is 9.93. The number of hydrogen-bond donors (Lipinski definition) is 0. The fourth-order valence-electron chi connectivity index (χ4n) is 7.78. The van der Waals surface area contributed by atoms with E-state index in [1.165, 1.54) is 16.2 Å². The van der Waals surface area contributed by atoms with Crippen LogP contribution in [0.25, 0.3) is 105 Å². The summed E-state index contributed by atoms with van der Waals surface area (Å²) in [7, 11) is 0. The minimum atomic E-state index is 0.583. The minimum Gasteiger partial charge on any atom is -0.456 e. The number of furan rings is 1. The number of aromatic nitrogens is 4. The summed E-state index contributed by atoms with van der Waals surface area (Å²) in [6.45, 7) is 0. The molecule has 0 aliphatic rings. The van der Waals surface area contributed by atoms with Crippen molar-refractivity contribution in [2.24, 2.45) is 0 Å². The fourth-order valence-corrected chi connectivity index (χ4v) is 7.78. The maximum atomic E-state index is 6.49. The number of benzene rings is 7. The lowest BCUT2D eigenvalue weighted by molar-refractivity contribution is 0.669. The van der Waals surface area contributed by atoms with Crippen molar-refractivity contribution in [1.29, 1.82) is 0 Å². The van der Waals surface area contributed by atoms with Gasteiger partial charge in [-0.2, -0.15) is 9.97 Å². The Bertz CT molecular complexity index is 2990. The highest BCUT2D eigenvalue weighted by Gasteiger charge is 2.24. The first-order valence-corrected chi connectivity index (χ1v) is 16.1. The van der Waals surface area contributed by atoms with Crippen LogP contribution in [0.2, 0.25) is 0 Å². The molecule has 0 saturated heterocycles. The van der Waals surface area contributed by atoms with Gasteiger partial charge < -0.3 is 4.42 Å². The van der Waals surface area contributed by atoms with Crippen LogP contribution >= 0.6 is 0 Å². The third-order valence-corrected chi connectivity index (χ3v) is 9.77. The van der Waals surface area contributed by atoms with Crippen molar-refractivity contribution < 1.29 is 4.42 Å². The first-order valence-electron chi connectivity index (χ1n) is 16.1. The third kappa shape index (κ3) is 3.42. The molecule has 0 aliphatic heterocycles. The zero-order valence-electron chi connectivity index (χ0n) is 25.6. The minimum absolute atomic E-state index is 0.583. The normalized spacial score (nSPS) is 12.2. The SMILES string of the molecule is c1ccc(-c2nc(-c3ccccc3)nc(-n3c4cccc5c6cccc7oc8cccc(c9cc%10ccccc%10c3c9c54)c8c76)n2)cc1. The van der Waals surface area contributed by atoms with Crippen LogP contribution in [0, 0.1) is 0 Å². The molecule has 0 saturated carbocycles. The Balaban J connectivity index is 1.42. The standard InChI is InChI=1S/C43H24N4O/c1-3-12-25(13-4-1)41-44-42(26-14-5-2-6-15-26)46-43(45-41)47-33-21-9-18-29-30-19-10-22-34-37(30)38-31(20-11-23-35(38)48-34)32-24-27-16-7-8-17-28(27)40(47)39(32)36(29)33/h1-24H. The first-order chi connectivity index (χ1) is 23.8. The maximum absolute atomic E-state index is 6.49. The molecule has 5 nitrogen and oxygen atoms in total. The first kappa shape index (κ1) is 25.6. The zero-order chi connectivity index (χ0) is 31.3. The molecular formula is C43H24N4O. The summed E-state index contributed by atoms with van der Waals surface area (Å²) in [6.07, 6.45) is 0. The van der Waals surface area contributed by atoms with Gasteiger partial charge in [-0.25, -0.2) is 4.98 Å². The topological polar surface area (TPSA) is 56.7 Å². The van der Waals surface area contributed by atoms with E-state index in [1.807, 2.05) is 36.4 Å². The van der Waals surface area contributed by atoms with Gasteiger partial charge in [-0.05, 0) is 51.2 Å². The van der Waals surface area contributed by atoms with Crippen molar-refractivity contribution >= 4 is 76.1 Å². The Morgan fingerprint density at radius 2 is 0.958 bits per heavy atom. The van der Waals surface area contributed by atoms with Crippen LogP contribution in [0.3, 0.4) is 0 Å². The molecule has 0 spiro atoms. The molecule has 0 bridgehead atoms. The lowest BCUT2D eigenvalue weighted by Crippen LogP contribution is -2.06. The van der Waals surface area contributed by atoms with Gasteiger partial charge in [0.1, 0.15) is 11.2 Å². The number of rotatable bonds is 3. The molecule has 222 valence electrons. The van der Waals surface area contributed by atoms with Crippen LogP contribution in [0.15, 0.2) is 150 Å². The second-order valence-corrected chi connectivity index (χ2v) is 12.4. The molecule has 0 unspecified atom stereocenters. The molecule has 0 atom stereocenters. The van der Waals surface area contributed by atoms with Gasteiger partial charge in [-0.15, -0.1) is 0 Å². The van der Waals surface area contributed by atoms with Crippen LogP contribution in [-0.4, -0.2) is 19.5 Å². The Morgan fingerprint density at radius 3 is 1.62 bits per heavy atom. The smallest absolute Gasteiger partial charge is 0.238 e. The monoisotopic (exact) mass is 612 g/mol. The van der Waals surface area contributed by atoms with E-state index in [0.717, 1.165) is 71.0 Å². The van der Waals surface area contributed by atoms with Crippen LogP contribution < -0.4 is 0 Å². The van der Waals surface area contributed by atoms with E-state index in [9.17, 15) is 0 Å². The van der Waals surface area contributed by atoms with Crippen molar-refractivity contribution in [1.82, 2.24) is 19.5 Å². The largest absolute Gasteiger partial charge is 0.456 e. The van der Waals surface area contributed by atoms with Crippen molar-refractivity contribution in [3.63, 3.8) is 0 Å². The van der Waals surface area contributed by atoms with Crippen molar-refractivity contribution in [3.05, 3.63) is 146 Å². The number of fused-ring (bicyclic) bond motifs is 4. The Kier molecular flexibility index (Phi) is 5.05.